The van der Waals surface area contributed by atoms with E-state index in [1.807, 2.05) is 0 Å². The van der Waals surface area contributed by atoms with E-state index in [9.17, 15) is 13.2 Å². The van der Waals surface area contributed by atoms with Gasteiger partial charge in [0.2, 0.25) is 5.82 Å². The number of aromatic nitrogens is 3. The molecule has 2 heterocycles. The normalized spacial score (nSPS) is 12.0. The van der Waals surface area contributed by atoms with Gasteiger partial charge in [-0.05, 0) is 29.8 Å². The van der Waals surface area contributed by atoms with Crippen LogP contribution in [0.1, 0.15) is 11.4 Å². The van der Waals surface area contributed by atoms with Gasteiger partial charge >= 0.3 is 6.18 Å². The molecule has 0 radical (unpaired) electrons. The second kappa shape index (κ2) is 5.04. The largest absolute Gasteiger partial charge is 0.449 e. The van der Waals surface area contributed by atoms with Gasteiger partial charge in [-0.3, -0.25) is 0 Å². The summed E-state index contributed by atoms with van der Waals surface area (Å²) in [4.78, 5) is 7.65. The molecule has 3 rings (SSSR count). The van der Waals surface area contributed by atoms with Crippen molar-refractivity contribution in [2.24, 2.45) is 0 Å². The summed E-state index contributed by atoms with van der Waals surface area (Å²) in [6, 6.07) is 9.75. The number of halogens is 4. The van der Waals surface area contributed by atoms with Crippen molar-refractivity contribution in [1.82, 2.24) is 14.5 Å². The molecule has 0 unspecified atom stereocenters. The predicted molar refractivity (Wildman–Crippen MR) is 73.1 cm³/mol. The average Bonchev–Trinajstić information content (AvgIpc) is 2.78. The molecule has 21 heavy (non-hydrogen) atoms. The second-order valence-electron chi connectivity index (χ2n) is 4.50. The summed E-state index contributed by atoms with van der Waals surface area (Å²) in [6.45, 7) is 0.00289. The zero-order chi connectivity index (χ0) is 15.0. The van der Waals surface area contributed by atoms with Gasteiger partial charge in [0.05, 0.1) is 6.54 Å². The Morgan fingerprint density at radius 2 is 1.95 bits per heavy atom. The fraction of sp³-hybridized carbons (Fsp3) is 0.143. The molecular weight excluding hydrogens is 303 g/mol. The highest BCUT2D eigenvalue weighted by Gasteiger charge is 2.37. The van der Waals surface area contributed by atoms with Gasteiger partial charge in [0, 0.05) is 11.2 Å². The van der Waals surface area contributed by atoms with Gasteiger partial charge in [0.15, 0.2) is 5.65 Å². The van der Waals surface area contributed by atoms with Crippen LogP contribution < -0.4 is 0 Å². The maximum atomic E-state index is 13.1. The molecule has 0 spiro atoms. The number of hydrogen-bond donors (Lipinski definition) is 0. The molecule has 0 aliphatic carbocycles. The quantitative estimate of drug-likeness (QED) is 0.711. The van der Waals surface area contributed by atoms with Crippen LogP contribution in [-0.2, 0) is 12.7 Å². The highest BCUT2D eigenvalue weighted by molar-refractivity contribution is 6.30. The number of pyridine rings is 1. The third kappa shape index (κ3) is 2.71. The molecule has 108 valence electrons. The summed E-state index contributed by atoms with van der Waals surface area (Å²) < 4.78 is 40.5. The maximum absolute atomic E-state index is 13.1. The Morgan fingerprint density at radius 1 is 1.14 bits per heavy atom. The third-order valence-corrected chi connectivity index (χ3v) is 3.22. The molecule has 0 amide bonds. The first-order valence-electron chi connectivity index (χ1n) is 6.08. The molecular formula is C14H9ClF3N3. The molecule has 0 aliphatic rings. The van der Waals surface area contributed by atoms with E-state index in [-0.39, 0.29) is 17.7 Å². The van der Waals surface area contributed by atoms with Gasteiger partial charge in [-0.2, -0.15) is 13.2 Å². The second-order valence-corrected chi connectivity index (χ2v) is 4.93. The minimum Gasteiger partial charge on any atom is -0.301 e. The van der Waals surface area contributed by atoms with Crippen molar-refractivity contribution in [2.75, 3.05) is 0 Å². The summed E-state index contributed by atoms with van der Waals surface area (Å²) >= 11 is 5.87. The van der Waals surface area contributed by atoms with E-state index in [4.69, 9.17) is 11.6 Å². The van der Waals surface area contributed by atoms with Crippen molar-refractivity contribution in [3.8, 4) is 0 Å². The predicted octanol–water partition coefficient (Wildman–Crippen LogP) is 4.15. The first-order chi connectivity index (χ1) is 9.95. The first kappa shape index (κ1) is 13.9. The van der Waals surface area contributed by atoms with Crippen molar-refractivity contribution < 1.29 is 13.2 Å². The van der Waals surface area contributed by atoms with Crippen LogP contribution in [0.15, 0.2) is 42.6 Å². The Kier molecular flexibility index (Phi) is 3.33. The lowest BCUT2D eigenvalue weighted by atomic mass is 10.2. The SMILES string of the molecule is FC(F)(F)c1nc2cccnc2n1Cc1cccc(Cl)c1. The minimum atomic E-state index is -4.54. The van der Waals surface area contributed by atoms with Gasteiger partial charge in [-0.15, -0.1) is 0 Å². The van der Waals surface area contributed by atoms with Crippen LogP contribution in [-0.4, -0.2) is 14.5 Å². The summed E-state index contributed by atoms with van der Waals surface area (Å²) in [5, 5.41) is 0.471. The van der Waals surface area contributed by atoms with Crippen LogP contribution >= 0.6 is 11.6 Å². The molecule has 3 nitrogen and oxygen atoms in total. The number of imidazole rings is 1. The van der Waals surface area contributed by atoms with Gasteiger partial charge in [-0.25, -0.2) is 9.97 Å². The Hall–Kier alpha value is -2.08. The molecule has 0 saturated carbocycles. The van der Waals surface area contributed by atoms with Gasteiger partial charge in [-0.1, -0.05) is 23.7 Å². The summed E-state index contributed by atoms with van der Waals surface area (Å²) in [6.07, 6.45) is -3.10. The molecule has 0 N–H and O–H groups in total. The lowest BCUT2D eigenvalue weighted by Crippen LogP contribution is -2.15. The van der Waals surface area contributed by atoms with Crippen LogP contribution in [0.4, 0.5) is 13.2 Å². The summed E-state index contributed by atoms with van der Waals surface area (Å²) in [5.74, 6) is -0.962. The van der Waals surface area contributed by atoms with Crippen molar-refractivity contribution in [3.05, 3.63) is 59.0 Å². The van der Waals surface area contributed by atoms with Crippen LogP contribution in [0.2, 0.25) is 5.02 Å². The lowest BCUT2D eigenvalue weighted by Gasteiger charge is -2.11. The van der Waals surface area contributed by atoms with Crippen molar-refractivity contribution in [3.63, 3.8) is 0 Å². The molecule has 3 aromatic rings. The van der Waals surface area contributed by atoms with E-state index < -0.39 is 12.0 Å². The molecule has 0 bridgehead atoms. The van der Waals surface area contributed by atoms with Crippen LogP contribution in [0.3, 0.4) is 0 Å². The molecule has 0 atom stereocenters. The Labute approximate surface area is 123 Å². The van der Waals surface area contributed by atoms with Crippen molar-refractivity contribution in [2.45, 2.75) is 12.7 Å². The van der Waals surface area contributed by atoms with E-state index in [0.717, 1.165) is 4.57 Å². The third-order valence-electron chi connectivity index (χ3n) is 2.99. The number of benzene rings is 1. The van der Waals surface area contributed by atoms with E-state index in [1.165, 1.54) is 12.3 Å². The smallest absolute Gasteiger partial charge is 0.301 e. The fourth-order valence-corrected chi connectivity index (χ4v) is 2.36. The molecule has 7 heteroatoms. The minimum absolute atomic E-state index is 0.00289. The summed E-state index contributed by atoms with van der Waals surface area (Å²) in [7, 11) is 0. The zero-order valence-corrected chi connectivity index (χ0v) is 11.4. The lowest BCUT2D eigenvalue weighted by molar-refractivity contribution is -0.146. The van der Waals surface area contributed by atoms with Crippen molar-refractivity contribution >= 4 is 22.8 Å². The van der Waals surface area contributed by atoms with Gasteiger partial charge < -0.3 is 4.57 Å². The van der Waals surface area contributed by atoms with Crippen LogP contribution in [0, 0.1) is 0 Å². The standard InChI is InChI=1S/C14H9ClF3N3/c15-10-4-1-3-9(7-10)8-21-12-11(5-2-6-19-12)20-13(21)14(16,17)18/h1-7H,8H2. The Bertz CT molecular complexity index is 796. The van der Waals surface area contributed by atoms with E-state index in [0.29, 0.717) is 10.6 Å². The number of fused-ring (bicyclic) bond motifs is 1. The Balaban J connectivity index is 2.15. The molecule has 2 aromatic heterocycles. The highest BCUT2D eigenvalue weighted by atomic mass is 35.5. The fourth-order valence-electron chi connectivity index (χ4n) is 2.14. The van der Waals surface area contributed by atoms with Gasteiger partial charge in [0.1, 0.15) is 5.52 Å². The zero-order valence-electron chi connectivity index (χ0n) is 10.6. The summed E-state index contributed by atoms with van der Waals surface area (Å²) in [5.41, 5.74) is 1.06. The number of rotatable bonds is 2. The number of hydrogen-bond acceptors (Lipinski definition) is 2. The molecule has 0 aliphatic heterocycles. The van der Waals surface area contributed by atoms with Crippen molar-refractivity contribution in [1.29, 1.82) is 0 Å². The van der Waals surface area contributed by atoms with Crippen LogP contribution in [0.25, 0.3) is 11.2 Å². The molecule has 0 saturated heterocycles. The highest BCUT2D eigenvalue weighted by Crippen LogP contribution is 2.31. The Morgan fingerprint density at radius 3 is 2.67 bits per heavy atom. The number of nitrogens with zero attached hydrogens (tertiary/aromatic N) is 3. The van der Waals surface area contributed by atoms with E-state index in [2.05, 4.69) is 9.97 Å². The van der Waals surface area contributed by atoms with E-state index >= 15 is 0 Å². The van der Waals surface area contributed by atoms with Crippen LogP contribution in [0.5, 0.6) is 0 Å². The maximum Gasteiger partial charge on any atom is 0.449 e. The monoisotopic (exact) mass is 311 g/mol. The topological polar surface area (TPSA) is 30.7 Å². The van der Waals surface area contributed by atoms with E-state index in [1.54, 1.807) is 30.3 Å². The first-order valence-corrected chi connectivity index (χ1v) is 6.46. The molecule has 0 fully saturated rings. The average molecular weight is 312 g/mol. The van der Waals surface area contributed by atoms with Gasteiger partial charge in [0.25, 0.3) is 0 Å². The molecule has 1 aromatic carbocycles. The number of alkyl halides is 3.